The molecule has 1 N–H and O–H groups in total. The molecule has 2 heterocycles. The standard InChI is InChI=1S/C16H15Br2NO6/c1-3-23-14(21)16(15(22)24-4-2)11-13(20)25-12(16)8-5-7(17)6-9(18)10(8)19-11/h5-6,11-12,19H,3-4H2,1-2H3/t11-,12-/m1/s1. The molecule has 25 heavy (non-hydrogen) atoms. The lowest BCUT2D eigenvalue weighted by Crippen LogP contribution is -2.57. The number of anilines is 1. The molecule has 0 aromatic heterocycles. The minimum atomic E-state index is -1.92. The summed E-state index contributed by atoms with van der Waals surface area (Å²) in [6.45, 7) is 3.36. The lowest BCUT2D eigenvalue weighted by atomic mass is 9.71. The van der Waals surface area contributed by atoms with Crippen LogP contribution in [0.15, 0.2) is 21.1 Å². The topological polar surface area (TPSA) is 90.9 Å². The molecule has 1 aromatic carbocycles. The van der Waals surface area contributed by atoms with Crippen LogP contribution in [0, 0.1) is 5.41 Å². The maximum Gasteiger partial charge on any atom is 0.331 e. The summed E-state index contributed by atoms with van der Waals surface area (Å²) in [5.74, 6) is -2.39. The van der Waals surface area contributed by atoms with Crippen LogP contribution in [0.3, 0.4) is 0 Å². The zero-order valence-corrected chi connectivity index (χ0v) is 16.6. The number of benzene rings is 1. The molecule has 2 bridgehead atoms. The Kier molecular flexibility index (Phi) is 4.80. The van der Waals surface area contributed by atoms with E-state index in [1.54, 1.807) is 26.0 Å². The summed E-state index contributed by atoms with van der Waals surface area (Å²) in [5.41, 5.74) is -0.839. The van der Waals surface area contributed by atoms with E-state index in [2.05, 4.69) is 37.2 Å². The molecule has 9 heteroatoms. The Morgan fingerprint density at radius 3 is 2.36 bits per heavy atom. The Morgan fingerprint density at radius 1 is 1.20 bits per heavy atom. The molecule has 134 valence electrons. The molecule has 0 radical (unpaired) electrons. The first-order valence-electron chi connectivity index (χ1n) is 7.68. The van der Waals surface area contributed by atoms with Crippen LogP contribution < -0.4 is 5.32 Å². The van der Waals surface area contributed by atoms with E-state index in [9.17, 15) is 14.4 Å². The summed E-state index contributed by atoms with van der Waals surface area (Å²) in [7, 11) is 0. The molecule has 2 atom stereocenters. The minimum Gasteiger partial charge on any atom is -0.465 e. The highest BCUT2D eigenvalue weighted by molar-refractivity contribution is 9.11. The van der Waals surface area contributed by atoms with E-state index >= 15 is 0 Å². The van der Waals surface area contributed by atoms with E-state index in [0.29, 0.717) is 20.2 Å². The van der Waals surface area contributed by atoms with Crippen molar-refractivity contribution in [3.05, 3.63) is 26.6 Å². The Labute approximate surface area is 160 Å². The second-order valence-corrected chi connectivity index (χ2v) is 7.33. The van der Waals surface area contributed by atoms with Gasteiger partial charge in [-0.05, 0) is 41.9 Å². The Bertz CT molecular complexity index is 747. The molecule has 0 aliphatic carbocycles. The molecular weight excluding hydrogens is 462 g/mol. The van der Waals surface area contributed by atoms with Gasteiger partial charge in [-0.2, -0.15) is 0 Å². The maximum atomic E-state index is 12.8. The van der Waals surface area contributed by atoms with Gasteiger partial charge in [-0.15, -0.1) is 0 Å². The number of esters is 3. The Hall–Kier alpha value is -1.61. The number of hydrogen-bond donors (Lipinski definition) is 1. The normalized spacial score (nSPS) is 22.5. The molecule has 3 rings (SSSR count). The van der Waals surface area contributed by atoms with E-state index in [0.717, 1.165) is 0 Å². The quantitative estimate of drug-likeness (QED) is 0.405. The number of rotatable bonds is 4. The van der Waals surface area contributed by atoms with Crippen molar-refractivity contribution in [2.24, 2.45) is 5.41 Å². The van der Waals surface area contributed by atoms with Gasteiger partial charge in [0, 0.05) is 14.5 Å². The highest BCUT2D eigenvalue weighted by Gasteiger charge is 2.72. The smallest absolute Gasteiger partial charge is 0.331 e. The molecule has 1 fully saturated rings. The van der Waals surface area contributed by atoms with E-state index in [-0.39, 0.29) is 13.2 Å². The third kappa shape index (κ3) is 2.55. The van der Waals surface area contributed by atoms with Crippen molar-refractivity contribution in [1.29, 1.82) is 0 Å². The zero-order chi connectivity index (χ0) is 18.4. The van der Waals surface area contributed by atoms with E-state index in [1.807, 2.05) is 0 Å². The Balaban J connectivity index is 2.23. The fourth-order valence-electron chi connectivity index (χ4n) is 3.23. The highest BCUT2D eigenvalue weighted by Crippen LogP contribution is 2.56. The predicted molar refractivity (Wildman–Crippen MR) is 93.8 cm³/mol. The number of nitrogens with one attached hydrogen (secondary N) is 1. The fourth-order valence-corrected chi connectivity index (χ4v) is 4.60. The summed E-state index contributed by atoms with van der Waals surface area (Å²) in [5, 5.41) is 2.96. The second kappa shape index (κ2) is 6.60. The monoisotopic (exact) mass is 475 g/mol. The van der Waals surface area contributed by atoms with Gasteiger partial charge in [0.05, 0.1) is 18.9 Å². The lowest BCUT2D eigenvalue weighted by molar-refractivity contribution is -0.177. The average molecular weight is 477 g/mol. The molecule has 0 spiro atoms. The van der Waals surface area contributed by atoms with Crippen molar-refractivity contribution in [2.45, 2.75) is 26.0 Å². The predicted octanol–water partition coefficient (Wildman–Crippen LogP) is 2.72. The molecular formula is C16H15Br2NO6. The van der Waals surface area contributed by atoms with Gasteiger partial charge in [-0.25, -0.2) is 4.79 Å². The summed E-state index contributed by atoms with van der Waals surface area (Å²) in [6.07, 6.45) is -1.13. The summed E-state index contributed by atoms with van der Waals surface area (Å²) >= 11 is 6.79. The number of halogens is 2. The second-order valence-electron chi connectivity index (χ2n) is 5.56. The van der Waals surface area contributed by atoms with Crippen LogP contribution in [0.1, 0.15) is 25.5 Å². The highest BCUT2D eigenvalue weighted by atomic mass is 79.9. The maximum absolute atomic E-state index is 12.8. The van der Waals surface area contributed by atoms with Gasteiger partial charge in [0.1, 0.15) is 0 Å². The van der Waals surface area contributed by atoms with Crippen molar-refractivity contribution in [2.75, 3.05) is 18.5 Å². The third-order valence-corrected chi connectivity index (χ3v) is 5.30. The first kappa shape index (κ1) is 18.2. The number of carbonyl (C=O) groups excluding carboxylic acids is 3. The first-order valence-corrected chi connectivity index (χ1v) is 9.26. The van der Waals surface area contributed by atoms with Gasteiger partial charge in [0.2, 0.25) is 5.41 Å². The lowest BCUT2D eigenvalue weighted by Gasteiger charge is -2.37. The van der Waals surface area contributed by atoms with Crippen molar-refractivity contribution < 1.29 is 28.6 Å². The van der Waals surface area contributed by atoms with Crippen LogP contribution in [-0.2, 0) is 28.6 Å². The SMILES string of the molecule is CCOC(=O)C1(C(=O)OCC)[C@@H]2Nc3c(Br)cc(Br)cc3[C@H]1OC2=O. The number of ether oxygens (including phenoxy) is 3. The fraction of sp³-hybridized carbons (Fsp3) is 0.438. The van der Waals surface area contributed by atoms with Crippen LogP contribution in [0.25, 0.3) is 0 Å². The Morgan fingerprint density at radius 2 is 1.80 bits per heavy atom. The van der Waals surface area contributed by atoms with Crippen LogP contribution in [-0.4, -0.2) is 37.2 Å². The van der Waals surface area contributed by atoms with Crippen molar-refractivity contribution in [3.8, 4) is 0 Å². The van der Waals surface area contributed by atoms with Crippen molar-refractivity contribution in [1.82, 2.24) is 0 Å². The van der Waals surface area contributed by atoms with Crippen LogP contribution in [0.4, 0.5) is 5.69 Å². The largest absolute Gasteiger partial charge is 0.465 e. The molecule has 2 aliphatic heterocycles. The number of carbonyl (C=O) groups is 3. The number of fused-ring (bicyclic) bond motifs is 4. The molecule has 1 saturated heterocycles. The average Bonchev–Trinajstić information content (AvgIpc) is 2.75. The van der Waals surface area contributed by atoms with Gasteiger partial charge < -0.3 is 19.5 Å². The van der Waals surface area contributed by atoms with Gasteiger partial charge in [0.25, 0.3) is 0 Å². The van der Waals surface area contributed by atoms with E-state index in [4.69, 9.17) is 14.2 Å². The first-order chi connectivity index (χ1) is 11.9. The van der Waals surface area contributed by atoms with E-state index < -0.39 is 35.5 Å². The van der Waals surface area contributed by atoms with Gasteiger partial charge in [-0.3, -0.25) is 9.59 Å². The van der Waals surface area contributed by atoms with Gasteiger partial charge >= 0.3 is 17.9 Å². The molecule has 1 aromatic rings. The molecule has 0 amide bonds. The molecule has 0 saturated carbocycles. The zero-order valence-electron chi connectivity index (χ0n) is 13.4. The van der Waals surface area contributed by atoms with Gasteiger partial charge in [0.15, 0.2) is 12.1 Å². The summed E-state index contributed by atoms with van der Waals surface area (Å²) in [4.78, 5) is 38.0. The van der Waals surface area contributed by atoms with Crippen LogP contribution >= 0.6 is 31.9 Å². The molecule has 2 aliphatic rings. The molecule has 7 nitrogen and oxygen atoms in total. The van der Waals surface area contributed by atoms with Crippen LogP contribution in [0.2, 0.25) is 0 Å². The summed E-state index contributed by atoms with van der Waals surface area (Å²) in [6, 6.07) is 2.26. The minimum absolute atomic E-state index is 0.0582. The number of hydrogen-bond acceptors (Lipinski definition) is 7. The van der Waals surface area contributed by atoms with Crippen molar-refractivity contribution in [3.63, 3.8) is 0 Å². The molecule has 0 unspecified atom stereocenters. The van der Waals surface area contributed by atoms with E-state index in [1.165, 1.54) is 0 Å². The van der Waals surface area contributed by atoms with Crippen molar-refractivity contribution >= 4 is 55.5 Å². The van der Waals surface area contributed by atoms with Crippen LogP contribution in [0.5, 0.6) is 0 Å². The third-order valence-electron chi connectivity index (χ3n) is 4.22. The van der Waals surface area contributed by atoms with Gasteiger partial charge in [-0.1, -0.05) is 15.9 Å². The summed E-state index contributed by atoms with van der Waals surface area (Å²) < 4.78 is 17.0.